The van der Waals surface area contributed by atoms with Gasteiger partial charge in [-0.1, -0.05) is 49.0 Å². The molecule has 170 valence electrons. The number of anilines is 1. The molecule has 33 heavy (non-hydrogen) atoms. The quantitative estimate of drug-likeness (QED) is 0.739. The van der Waals surface area contributed by atoms with Gasteiger partial charge in [0.05, 0.1) is 6.54 Å². The summed E-state index contributed by atoms with van der Waals surface area (Å²) in [5.41, 5.74) is 6.22. The molecule has 0 bridgehead atoms. The Morgan fingerprint density at radius 3 is 2.36 bits per heavy atom. The van der Waals surface area contributed by atoms with Gasteiger partial charge in [0, 0.05) is 43.0 Å². The van der Waals surface area contributed by atoms with Gasteiger partial charge in [-0.3, -0.25) is 15.0 Å². The van der Waals surface area contributed by atoms with Crippen LogP contribution in [0.2, 0.25) is 0 Å². The van der Waals surface area contributed by atoms with Crippen LogP contribution in [0, 0.1) is 0 Å². The normalized spacial score (nSPS) is 18.0. The largest absolute Gasteiger partial charge is 0.447 e. The first-order valence-corrected chi connectivity index (χ1v) is 10.9. The predicted octanol–water partition coefficient (Wildman–Crippen LogP) is 2.49. The molecule has 1 fully saturated rings. The van der Waals surface area contributed by atoms with Crippen molar-refractivity contribution in [2.24, 2.45) is 0 Å². The lowest BCUT2D eigenvalue weighted by atomic mass is 9.88. The summed E-state index contributed by atoms with van der Waals surface area (Å²) in [4.78, 5) is 29.5. The van der Waals surface area contributed by atoms with Gasteiger partial charge in [0.15, 0.2) is 0 Å². The minimum atomic E-state index is -0.387. The molecule has 0 saturated carbocycles. The van der Waals surface area contributed by atoms with Gasteiger partial charge in [0.25, 0.3) is 0 Å². The summed E-state index contributed by atoms with van der Waals surface area (Å²) in [6, 6.07) is 17.3. The Hall–Kier alpha value is -3.82. The summed E-state index contributed by atoms with van der Waals surface area (Å²) >= 11 is 0. The van der Waals surface area contributed by atoms with Gasteiger partial charge in [-0.25, -0.2) is 4.79 Å². The first-order valence-electron chi connectivity index (χ1n) is 10.9. The number of nitrogens with one attached hydrogen (secondary N) is 1. The highest BCUT2D eigenvalue weighted by Crippen LogP contribution is 2.38. The molecule has 1 amide bonds. The molecule has 9 heteroatoms. The van der Waals surface area contributed by atoms with Gasteiger partial charge < -0.3 is 14.5 Å². The number of para-hydroxylation sites is 1. The Morgan fingerprint density at radius 2 is 1.64 bits per heavy atom. The summed E-state index contributed by atoms with van der Waals surface area (Å²) in [5, 5.41) is 12.6. The van der Waals surface area contributed by atoms with E-state index in [9.17, 15) is 14.8 Å². The third-order valence-electron chi connectivity index (χ3n) is 6.12. The second-order valence-corrected chi connectivity index (χ2v) is 8.04. The summed E-state index contributed by atoms with van der Waals surface area (Å²) in [5.74, 6) is -0.222. The summed E-state index contributed by atoms with van der Waals surface area (Å²) in [6.45, 7) is 6.90. The number of allylic oxidation sites excluding steroid dienone is 2. The summed E-state index contributed by atoms with van der Waals surface area (Å²) in [6.07, 6.45) is -0.387. The predicted molar refractivity (Wildman–Crippen MR) is 122 cm³/mol. The highest BCUT2D eigenvalue weighted by atomic mass is 16.6. The van der Waals surface area contributed by atoms with Crippen molar-refractivity contribution in [1.29, 1.82) is 0 Å². The van der Waals surface area contributed by atoms with Crippen LogP contribution in [0.25, 0.3) is 5.57 Å². The molecule has 0 atom stereocenters. The van der Waals surface area contributed by atoms with E-state index in [1.165, 1.54) is 5.01 Å². The van der Waals surface area contributed by atoms with Crippen LogP contribution in [0.15, 0.2) is 72.6 Å². The molecule has 1 saturated heterocycles. The lowest BCUT2D eigenvalue weighted by Crippen LogP contribution is -2.49. The van der Waals surface area contributed by atoms with Gasteiger partial charge in [-0.2, -0.15) is 5.17 Å². The van der Waals surface area contributed by atoms with E-state index < -0.39 is 0 Å². The maximum Gasteiger partial charge on any atom is 0.409 e. The zero-order valence-corrected chi connectivity index (χ0v) is 18.1. The number of hydrogen-bond donors (Lipinski definition) is 2. The van der Waals surface area contributed by atoms with Crippen molar-refractivity contribution in [1.82, 2.24) is 20.6 Å². The molecule has 9 nitrogen and oxygen atoms in total. The lowest BCUT2D eigenvalue weighted by Gasteiger charge is -2.35. The SMILES string of the molecule is C=C1C2=C(C(=O)c3ccccc31)N(CCOC(=O)N1CCN(c3ccccc3)CC1)NN2O. The molecule has 0 unspecified atom stereocenters. The Bertz CT molecular complexity index is 1120. The van der Waals surface area contributed by atoms with E-state index in [0.717, 1.165) is 23.9 Å². The number of hydrazine groups is 2. The van der Waals surface area contributed by atoms with Crippen molar-refractivity contribution in [3.8, 4) is 0 Å². The number of rotatable bonds is 4. The van der Waals surface area contributed by atoms with Crippen LogP contribution in [0.1, 0.15) is 15.9 Å². The van der Waals surface area contributed by atoms with Gasteiger partial charge in [-0.05, 0) is 17.7 Å². The monoisotopic (exact) mass is 447 g/mol. The molecule has 0 spiro atoms. The highest BCUT2D eigenvalue weighted by Gasteiger charge is 2.40. The van der Waals surface area contributed by atoms with Crippen molar-refractivity contribution in [3.05, 3.63) is 83.7 Å². The number of carbonyl (C=O) groups is 2. The number of amides is 1. The first-order chi connectivity index (χ1) is 16.0. The molecule has 0 aromatic heterocycles. The van der Waals surface area contributed by atoms with Crippen LogP contribution in [-0.2, 0) is 4.74 Å². The average Bonchev–Trinajstić information content (AvgIpc) is 3.19. The van der Waals surface area contributed by atoms with E-state index in [4.69, 9.17) is 4.74 Å². The zero-order valence-electron chi connectivity index (χ0n) is 18.1. The van der Waals surface area contributed by atoms with Gasteiger partial charge in [-0.15, -0.1) is 5.53 Å². The Balaban J connectivity index is 1.17. The first kappa shape index (κ1) is 21.0. The second kappa shape index (κ2) is 8.61. The number of hydroxylamine groups is 1. The molecule has 5 rings (SSSR count). The maximum absolute atomic E-state index is 13.1. The molecule has 2 aliphatic heterocycles. The van der Waals surface area contributed by atoms with E-state index in [1.54, 1.807) is 23.1 Å². The zero-order chi connectivity index (χ0) is 22.9. The minimum absolute atomic E-state index is 0.0523. The molecule has 2 N–H and O–H groups in total. The number of piperazine rings is 1. The van der Waals surface area contributed by atoms with Crippen LogP contribution < -0.4 is 10.4 Å². The molecule has 2 aromatic rings. The van der Waals surface area contributed by atoms with Crippen molar-refractivity contribution in [3.63, 3.8) is 0 Å². The fraction of sp³-hybridized carbons (Fsp3) is 0.250. The van der Waals surface area contributed by atoms with E-state index in [1.807, 2.05) is 24.3 Å². The van der Waals surface area contributed by atoms with Crippen LogP contribution in [0.4, 0.5) is 10.5 Å². The van der Waals surface area contributed by atoms with Gasteiger partial charge in [0.2, 0.25) is 5.78 Å². The van der Waals surface area contributed by atoms with Crippen molar-refractivity contribution in [2.75, 3.05) is 44.2 Å². The van der Waals surface area contributed by atoms with Crippen molar-refractivity contribution >= 4 is 23.1 Å². The average molecular weight is 447 g/mol. The smallest absolute Gasteiger partial charge is 0.409 e. The topological polar surface area (TPSA) is 88.6 Å². The van der Waals surface area contributed by atoms with Gasteiger partial charge in [0.1, 0.15) is 18.0 Å². The van der Waals surface area contributed by atoms with Crippen LogP contribution in [-0.4, -0.2) is 71.5 Å². The Labute approximate surface area is 191 Å². The molecule has 1 aliphatic carbocycles. The molecule has 2 heterocycles. The molecule has 2 aromatic carbocycles. The summed E-state index contributed by atoms with van der Waals surface area (Å²) < 4.78 is 5.46. The molecule has 3 aliphatic rings. The van der Waals surface area contributed by atoms with Crippen molar-refractivity contribution < 1.29 is 19.5 Å². The van der Waals surface area contributed by atoms with E-state index in [0.29, 0.717) is 35.5 Å². The van der Waals surface area contributed by atoms with E-state index in [-0.39, 0.29) is 30.7 Å². The third-order valence-corrected chi connectivity index (χ3v) is 6.12. The number of ether oxygens (including phenoxy) is 1. The lowest BCUT2D eigenvalue weighted by molar-refractivity contribution is -0.127. The Kier molecular flexibility index (Phi) is 5.49. The number of hydrogen-bond acceptors (Lipinski definition) is 8. The third kappa shape index (κ3) is 3.81. The molecule has 0 radical (unpaired) electrons. The van der Waals surface area contributed by atoms with Crippen molar-refractivity contribution in [2.45, 2.75) is 0 Å². The van der Waals surface area contributed by atoms with E-state index in [2.05, 4.69) is 29.1 Å². The van der Waals surface area contributed by atoms with Gasteiger partial charge >= 0.3 is 6.09 Å². The standard InChI is InChI=1S/C24H25N5O4/c1-17-19-9-5-6-10-20(19)23(30)22-21(17)29(32)25-28(22)15-16-33-24(31)27-13-11-26(12-14-27)18-7-3-2-4-8-18/h2-10,25,32H,1,11-16H2. The highest BCUT2D eigenvalue weighted by molar-refractivity contribution is 6.16. The fourth-order valence-electron chi connectivity index (χ4n) is 4.41. The maximum atomic E-state index is 13.1. The number of nitrogens with zero attached hydrogens (tertiary/aromatic N) is 4. The van der Waals surface area contributed by atoms with Crippen LogP contribution in [0.5, 0.6) is 0 Å². The number of carbonyl (C=O) groups excluding carboxylic acids is 2. The number of ketones is 1. The van der Waals surface area contributed by atoms with Crippen LogP contribution >= 0.6 is 0 Å². The fourth-order valence-corrected chi connectivity index (χ4v) is 4.41. The number of Topliss-reactive ketones (excluding diaryl/α,β-unsaturated/α-hetero) is 1. The minimum Gasteiger partial charge on any atom is -0.447 e. The van der Waals surface area contributed by atoms with E-state index >= 15 is 0 Å². The molecular weight excluding hydrogens is 422 g/mol. The molecular formula is C24H25N5O4. The number of fused-ring (bicyclic) bond motifs is 1. The van der Waals surface area contributed by atoms with Crippen LogP contribution in [0.3, 0.4) is 0 Å². The number of benzene rings is 2. The second-order valence-electron chi connectivity index (χ2n) is 8.04. The Morgan fingerprint density at radius 1 is 0.970 bits per heavy atom. The summed E-state index contributed by atoms with van der Waals surface area (Å²) in [7, 11) is 0.